The van der Waals surface area contributed by atoms with Gasteiger partial charge in [-0.2, -0.15) is 0 Å². The third-order valence-electron chi connectivity index (χ3n) is 4.41. The minimum Gasteiger partial charge on any atom is -0.378 e. The smallest absolute Gasteiger partial charge is 0.257 e. The number of amides is 1. The molecule has 1 aromatic rings. The molecular formula is C15H19FN2O3. The minimum atomic E-state index is -1.28. The molecule has 2 aliphatic heterocycles. The number of ether oxygens (including phenoxy) is 1. The van der Waals surface area contributed by atoms with E-state index in [9.17, 15) is 14.3 Å². The molecule has 21 heavy (non-hydrogen) atoms. The first-order valence-electron chi connectivity index (χ1n) is 7.06. The van der Waals surface area contributed by atoms with Gasteiger partial charge in [0, 0.05) is 31.5 Å². The van der Waals surface area contributed by atoms with Gasteiger partial charge < -0.3 is 20.1 Å². The monoisotopic (exact) mass is 294 g/mol. The summed E-state index contributed by atoms with van der Waals surface area (Å²) in [4.78, 5) is 13.4. The Morgan fingerprint density at radius 2 is 2.29 bits per heavy atom. The molecule has 1 aromatic carbocycles. The molecule has 0 saturated carbocycles. The van der Waals surface area contributed by atoms with Crippen molar-refractivity contribution in [3.05, 3.63) is 23.5 Å². The van der Waals surface area contributed by atoms with Gasteiger partial charge in [0.05, 0.1) is 11.3 Å². The summed E-state index contributed by atoms with van der Waals surface area (Å²) in [6.45, 7) is 3.34. The Morgan fingerprint density at radius 1 is 1.52 bits per heavy atom. The van der Waals surface area contributed by atoms with Crippen molar-refractivity contribution < 1.29 is 19.0 Å². The van der Waals surface area contributed by atoms with Crippen LogP contribution < -0.4 is 10.2 Å². The molecule has 5 nitrogen and oxygen atoms in total. The number of hydrogen-bond donors (Lipinski definition) is 2. The average Bonchev–Trinajstić information content (AvgIpc) is 2.73. The second kappa shape index (κ2) is 4.96. The van der Waals surface area contributed by atoms with Crippen LogP contribution in [0, 0.1) is 5.82 Å². The van der Waals surface area contributed by atoms with Gasteiger partial charge in [0.15, 0.2) is 6.10 Å². The van der Waals surface area contributed by atoms with Crippen molar-refractivity contribution in [2.75, 3.05) is 30.4 Å². The standard InChI is InChI=1S/C15H19FN2O3/c1-15(21-2)4-3-5-18(8-15)12-7-11-9(6-10(12)16)13(19)14(20)17-11/h6-7,13,19H,3-5,8H2,1-2H3,(H,17,20). The Balaban J connectivity index is 1.93. The van der Waals surface area contributed by atoms with Crippen molar-refractivity contribution in [2.45, 2.75) is 31.5 Å². The van der Waals surface area contributed by atoms with Crippen LogP contribution in [0.15, 0.2) is 12.1 Å². The van der Waals surface area contributed by atoms with Gasteiger partial charge in [-0.25, -0.2) is 4.39 Å². The zero-order valence-corrected chi connectivity index (χ0v) is 12.1. The molecule has 0 radical (unpaired) electrons. The number of hydrogen-bond acceptors (Lipinski definition) is 4. The van der Waals surface area contributed by atoms with Crippen LogP contribution in [0.3, 0.4) is 0 Å². The maximum absolute atomic E-state index is 14.4. The molecule has 3 rings (SSSR count). The predicted molar refractivity (Wildman–Crippen MR) is 76.9 cm³/mol. The van der Waals surface area contributed by atoms with Gasteiger partial charge in [-0.05, 0) is 31.9 Å². The Morgan fingerprint density at radius 3 is 3.00 bits per heavy atom. The Hall–Kier alpha value is -1.66. The number of halogens is 1. The van der Waals surface area contributed by atoms with Crippen LogP contribution >= 0.6 is 0 Å². The van der Waals surface area contributed by atoms with E-state index in [1.54, 1.807) is 13.2 Å². The largest absolute Gasteiger partial charge is 0.378 e. The highest BCUT2D eigenvalue weighted by molar-refractivity contribution is 6.02. The summed E-state index contributed by atoms with van der Waals surface area (Å²) in [5.41, 5.74) is 0.916. The van der Waals surface area contributed by atoms with Gasteiger partial charge in [-0.15, -0.1) is 0 Å². The lowest BCUT2D eigenvalue weighted by atomic mass is 9.94. The van der Waals surface area contributed by atoms with Gasteiger partial charge in [0.1, 0.15) is 5.82 Å². The highest BCUT2D eigenvalue weighted by Crippen LogP contribution is 2.37. The van der Waals surface area contributed by atoms with E-state index in [0.717, 1.165) is 19.4 Å². The van der Waals surface area contributed by atoms with E-state index in [2.05, 4.69) is 5.32 Å². The predicted octanol–water partition coefficient (Wildman–Crippen LogP) is 1.82. The Labute approximate surface area is 122 Å². The number of rotatable bonds is 2. The summed E-state index contributed by atoms with van der Waals surface area (Å²) in [5.74, 6) is -0.938. The molecule has 1 amide bonds. The number of carbonyl (C=O) groups is 1. The summed E-state index contributed by atoms with van der Waals surface area (Å²) in [6, 6.07) is 2.84. The Bertz CT molecular complexity index is 593. The van der Waals surface area contributed by atoms with E-state index in [4.69, 9.17) is 4.74 Å². The fourth-order valence-electron chi connectivity index (χ4n) is 3.07. The van der Waals surface area contributed by atoms with Gasteiger partial charge in [0.2, 0.25) is 0 Å². The van der Waals surface area contributed by atoms with Crippen molar-refractivity contribution in [1.82, 2.24) is 0 Å². The molecule has 2 heterocycles. The SMILES string of the molecule is COC1(C)CCCN(c2cc3c(cc2F)C(O)C(=O)N3)C1. The number of methoxy groups -OCH3 is 1. The molecule has 1 saturated heterocycles. The number of anilines is 2. The van der Waals surface area contributed by atoms with Gasteiger partial charge in [0.25, 0.3) is 5.91 Å². The normalized spacial score (nSPS) is 28.5. The highest BCUT2D eigenvalue weighted by Gasteiger charge is 2.34. The topological polar surface area (TPSA) is 61.8 Å². The van der Waals surface area contributed by atoms with Crippen LogP contribution in [0.1, 0.15) is 31.4 Å². The zero-order chi connectivity index (χ0) is 15.2. The van der Waals surface area contributed by atoms with Crippen LogP contribution in [0.5, 0.6) is 0 Å². The van der Waals surface area contributed by atoms with Crippen molar-refractivity contribution in [3.8, 4) is 0 Å². The summed E-state index contributed by atoms with van der Waals surface area (Å²) in [6.07, 6.45) is 0.562. The fourth-order valence-corrected chi connectivity index (χ4v) is 3.07. The lowest BCUT2D eigenvalue weighted by molar-refractivity contribution is -0.123. The van der Waals surface area contributed by atoms with E-state index in [0.29, 0.717) is 23.5 Å². The summed E-state index contributed by atoms with van der Waals surface area (Å²) >= 11 is 0. The molecule has 114 valence electrons. The summed E-state index contributed by atoms with van der Waals surface area (Å²) in [5, 5.41) is 12.3. The molecule has 1 fully saturated rings. The number of nitrogens with one attached hydrogen (secondary N) is 1. The van der Waals surface area contributed by atoms with Crippen LogP contribution in [-0.4, -0.2) is 36.8 Å². The first-order chi connectivity index (χ1) is 9.93. The molecule has 2 atom stereocenters. The maximum Gasteiger partial charge on any atom is 0.257 e. The van der Waals surface area contributed by atoms with Gasteiger partial charge >= 0.3 is 0 Å². The number of aliphatic hydroxyl groups is 1. The number of nitrogens with zero attached hydrogens (tertiary/aromatic N) is 1. The van der Waals surface area contributed by atoms with Crippen LogP contribution in [0.2, 0.25) is 0 Å². The number of piperidine rings is 1. The highest BCUT2D eigenvalue weighted by atomic mass is 19.1. The molecule has 0 aliphatic carbocycles. The van der Waals surface area contributed by atoms with Crippen LogP contribution in [0.25, 0.3) is 0 Å². The van der Waals surface area contributed by atoms with Crippen molar-refractivity contribution in [3.63, 3.8) is 0 Å². The third kappa shape index (κ3) is 2.38. The molecule has 0 spiro atoms. The summed E-state index contributed by atoms with van der Waals surface area (Å²) in [7, 11) is 1.67. The van der Waals surface area contributed by atoms with E-state index < -0.39 is 17.8 Å². The van der Waals surface area contributed by atoms with Gasteiger partial charge in [-0.1, -0.05) is 0 Å². The first-order valence-corrected chi connectivity index (χ1v) is 7.06. The van der Waals surface area contributed by atoms with E-state index in [1.807, 2.05) is 11.8 Å². The van der Waals surface area contributed by atoms with E-state index >= 15 is 0 Å². The molecule has 0 bridgehead atoms. The second-order valence-electron chi connectivity index (χ2n) is 5.96. The molecule has 0 aromatic heterocycles. The molecule has 6 heteroatoms. The molecule has 2 aliphatic rings. The maximum atomic E-state index is 14.4. The van der Waals surface area contributed by atoms with Crippen molar-refractivity contribution in [2.24, 2.45) is 0 Å². The van der Waals surface area contributed by atoms with Crippen LogP contribution in [-0.2, 0) is 9.53 Å². The minimum absolute atomic E-state index is 0.299. The second-order valence-corrected chi connectivity index (χ2v) is 5.96. The van der Waals surface area contributed by atoms with Crippen LogP contribution in [0.4, 0.5) is 15.8 Å². The van der Waals surface area contributed by atoms with Crippen molar-refractivity contribution >= 4 is 17.3 Å². The molecule has 2 unspecified atom stereocenters. The van der Waals surface area contributed by atoms with E-state index in [-0.39, 0.29) is 5.60 Å². The molecule has 2 N–H and O–H groups in total. The quantitative estimate of drug-likeness (QED) is 0.873. The zero-order valence-electron chi connectivity index (χ0n) is 12.1. The Kier molecular flexibility index (Phi) is 3.37. The lowest BCUT2D eigenvalue weighted by Crippen LogP contribution is -2.47. The number of fused-ring (bicyclic) bond motifs is 1. The summed E-state index contributed by atoms with van der Waals surface area (Å²) < 4.78 is 19.9. The number of carbonyl (C=O) groups excluding carboxylic acids is 1. The lowest BCUT2D eigenvalue weighted by Gasteiger charge is -2.40. The fraction of sp³-hybridized carbons (Fsp3) is 0.533. The molecular weight excluding hydrogens is 275 g/mol. The number of benzene rings is 1. The van der Waals surface area contributed by atoms with Crippen molar-refractivity contribution in [1.29, 1.82) is 0 Å². The average molecular weight is 294 g/mol. The van der Waals surface area contributed by atoms with E-state index in [1.165, 1.54) is 6.07 Å². The first kappa shape index (κ1) is 14.3. The number of aliphatic hydroxyl groups excluding tert-OH is 1. The van der Waals surface area contributed by atoms with Gasteiger partial charge in [-0.3, -0.25) is 4.79 Å². The third-order valence-corrected chi connectivity index (χ3v) is 4.41.